The van der Waals surface area contributed by atoms with Crippen molar-refractivity contribution < 1.29 is 19.4 Å². The van der Waals surface area contributed by atoms with Crippen LogP contribution in [-0.4, -0.2) is 30.1 Å². The zero-order valence-corrected chi connectivity index (χ0v) is 14.6. The summed E-state index contributed by atoms with van der Waals surface area (Å²) < 4.78 is 6.00. The Balaban J connectivity index is 1.87. The third-order valence-electron chi connectivity index (χ3n) is 3.07. The van der Waals surface area contributed by atoms with Gasteiger partial charge >= 0.3 is 0 Å². The molecule has 0 atom stereocenters. The Bertz CT molecular complexity index is 732. The Morgan fingerprint density at radius 1 is 1.17 bits per heavy atom. The van der Waals surface area contributed by atoms with E-state index in [1.54, 1.807) is 36.4 Å². The lowest BCUT2D eigenvalue weighted by Crippen LogP contribution is -2.32. The first-order valence-electron chi connectivity index (χ1n) is 7.29. The van der Waals surface area contributed by atoms with Crippen molar-refractivity contribution in [3.63, 3.8) is 0 Å². The molecular formula is C17H17BrN2O4. The van der Waals surface area contributed by atoms with E-state index in [0.717, 1.165) is 0 Å². The lowest BCUT2D eigenvalue weighted by molar-refractivity contribution is -0.115. The molecule has 24 heavy (non-hydrogen) atoms. The van der Waals surface area contributed by atoms with Crippen LogP contribution < -0.4 is 15.4 Å². The number of hydrogen-bond donors (Lipinski definition) is 3. The molecule has 0 aromatic heterocycles. The van der Waals surface area contributed by atoms with Gasteiger partial charge in [-0.05, 0) is 49.4 Å². The van der Waals surface area contributed by atoms with Gasteiger partial charge in [-0.3, -0.25) is 9.59 Å². The largest absolute Gasteiger partial charge is 0.506 e. The molecule has 0 saturated heterocycles. The fourth-order valence-corrected chi connectivity index (χ4v) is 2.29. The van der Waals surface area contributed by atoms with Crippen molar-refractivity contribution in [1.29, 1.82) is 0 Å². The summed E-state index contributed by atoms with van der Waals surface area (Å²) in [6.07, 6.45) is 0. The molecule has 0 aliphatic rings. The maximum atomic E-state index is 12.0. The molecular weight excluding hydrogens is 376 g/mol. The topological polar surface area (TPSA) is 87.7 Å². The number of nitrogens with one attached hydrogen (secondary N) is 2. The van der Waals surface area contributed by atoms with Crippen molar-refractivity contribution >= 4 is 33.4 Å². The van der Waals surface area contributed by atoms with E-state index in [2.05, 4.69) is 26.6 Å². The summed E-state index contributed by atoms with van der Waals surface area (Å²) in [4.78, 5) is 23.9. The number of carbonyl (C=O) groups excluding carboxylic acids is 2. The van der Waals surface area contributed by atoms with Crippen LogP contribution in [0.15, 0.2) is 46.9 Å². The number of phenolic OH excluding ortho intramolecular Hbond substituents is 1. The van der Waals surface area contributed by atoms with Crippen LogP contribution in [0.5, 0.6) is 11.5 Å². The smallest absolute Gasteiger partial charge is 0.251 e. The molecule has 0 saturated carbocycles. The summed E-state index contributed by atoms with van der Waals surface area (Å²) in [6.45, 7) is 2.22. The number of aromatic hydroxyl groups is 1. The molecule has 7 heteroatoms. The first kappa shape index (κ1) is 17.8. The molecule has 0 fully saturated rings. The first-order valence-corrected chi connectivity index (χ1v) is 8.08. The van der Waals surface area contributed by atoms with Crippen LogP contribution in [0.4, 0.5) is 5.69 Å². The third kappa shape index (κ3) is 4.99. The van der Waals surface area contributed by atoms with E-state index >= 15 is 0 Å². The highest BCUT2D eigenvalue weighted by atomic mass is 79.9. The first-order chi connectivity index (χ1) is 11.5. The number of ether oxygens (including phenoxy) is 1. The van der Waals surface area contributed by atoms with Crippen LogP contribution in [0.25, 0.3) is 0 Å². The maximum Gasteiger partial charge on any atom is 0.251 e. The lowest BCUT2D eigenvalue weighted by Gasteiger charge is -2.09. The average molecular weight is 393 g/mol. The zero-order chi connectivity index (χ0) is 17.5. The van der Waals surface area contributed by atoms with Crippen LogP contribution in [-0.2, 0) is 4.79 Å². The molecule has 0 aliphatic carbocycles. The molecule has 0 aliphatic heterocycles. The van der Waals surface area contributed by atoms with E-state index in [1.165, 1.54) is 6.07 Å². The van der Waals surface area contributed by atoms with Crippen molar-refractivity contribution in [2.75, 3.05) is 18.5 Å². The molecule has 0 radical (unpaired) electrons. The Labute approximate surface area is 148 Å². The molecule has 6 nitrogen and oxygen atoms in total. The number of benzene rings is 2. The monoisotopic (exact) mass is 392 g/mol. The summed E-state index contributed by atoms with van der Waals surface area (Å²) in [6, 6.07) is 11.3. The molecule has 2 rings (SSSR count). The van der Waals surface area contributed by atoms with Gasteiger partial charge in [0, 0.05) is 10.0 Å². The normalized spacial score (nSPS) is 10.1. The molecule has 2 amide bonds. The minimum atomic E-state index is -0.438. The molecule has 126 valence electrons. The standard InChI is InChI=1S/C17H17BrN2O4/c1-2-24-13-6-3-11(4-7-13)17(23)19-10-16(22)20-14-8-5-12(18)9-15(14)21/h3-9,21H,2,10H2,1H3,(H,19,23)(H,20,22). The minimum absolute atomic E-state index is 0.0597. The molecule has 2 aromatic carbocycles. The van der Waals surface area contributed by atoms with Crippen LogP contribution in [0, 0.1) is 0 Å². The number of halogens is 1. The molecule has 2 aromatic rings. The van der Waals surface area contributed by atoms with E-state index in [0.29, 0.717) is 22.4 Å². The number of phenols is 1. The van der Waals surface area contributed by atoms with E-state index in [-0.39, 0.29) is 23.9 Å². The van der Waals surface area contributed by atoms with E-state index < -0.39 is 5.91 Å². The average Bonchev–Trinajstić information content (AvgIpc) is 2.56. The fraction of sp³-hybridized carbons (Fsp3) is 0.176. The maximum absolute atomic E-state index is 12.0. The van der Waals surface area contributed by atoms with Crippen LogP contribution in [0.2, 0.25) is 0 Å². The van der Waals surface area contributed by atoms with Crippen LogP contribution in [0.1, 0.15) is 17.3 Å². The molecule has 0 bridgehead atoms. The highest BCUT2D eigenvalue weighted by molar-refractivity contribution is 9.10. The van der Waals surface area contributed by atoms with Gasteiger partial charge in [0.15, 0.2) is 0 Å². The van der Waals surface area contributed by atoms with Crippen molar-refractivity contribution in [3.05, 3.63) is 52.5 Å². The summed E-state index contributed by atoms with van der Waals surface area (Å²) in [7, 11) is 0. The lowest BCUT2D eigenvalue weighted by atomic mass is 10.2. The van der Waals surface area contributed by atoms with E-state index in [4.69, 9.17) is 4.74 Å². The summed E-state index contributed by atoms with van der Waals surface area (Å²) in [5.41, 5.74) is 0.705. The van der Waals surface area contributed by atoms with Gasteiger partial charge in [0.25, 0.3) is 5.91 Å². The molecule has 0 heterocycles. The second kappa shape index (κ2) is 8.35. The Morgan fingerprint density at radius 2 is 1.88 bits per heavy atom. The van der Waals surface area contributed by atoms with Crippen molar-refractivity contribution in [1.82, 2.24) is 5.32 Å². The second-order valence-electron chi connectivity index (χ2n) is 4.85. The quantitative estimate of drug-likeness (QED) is 0.659. The Morgan fingerprint density at radius 3 is 2.50 bits per heavy atom. The molecule has 0 unspecified atom stereocenters. The van der Waals surface area contributed by atoms with Gasteiger partial charge in [-0.15, -0.1) is 0 Å². The van der Waals surface area contributed by atoms with Gasteiger partial charge in [-0.2, -0.15) is 0 Å². The van der Waals surface area contributed by atoms with E-state index in [1.807, 2.05) is 6.92 Å². The predicted molar refractivity (Wildman–Crippen MR) is 94.4 cm³/mol. The number of anilines is 1. The van der Waals surface area contributed by atoms with Crippen molar-refractivity contribution in [2.45, 2.75) is 6.92 Å². The van der Waals surface area contributed by atoms with Crippen LogP contribution >= 0.6 is 15.9 Å². The SMILES string of the molecule is CCOc1ccc(C(=O)NCC(=O)Nc2ccc(Br)cc2O)cc1. The van der Waals surface area contributed by atoms with Crippen molar-refractivity contribution in [2.24, 2.45) is 0 Å². The van der Waals surface area contributed by atoms with Crippen molar-refractivity contribution in [3.8, 4) is 11.5 Å². The third-order valence-corrected chi connectivity index (χ3v) is 3.56. The Kier molecular flexibility index (Phi) is 6.20. The fourth-order valence-electron chi connectivity index (χ4n) is 1.94. The number of hydrogen-bond acceptors (Lipinski definition) is 4. The van der Waals surface area contributed by atoms with Gasteiger partial charge < -0.3 is 20.5 Å². The zero-order valence-electron chi connectivity index (χ0n) is 13.0. The number of carbonyl (C=O) groups is 2. The predicted octanol–water partition coefficient (Wildman–Crippen LogP) is 2.92. The summed E-state index contributed by atoms with van der Waals surface area (Å²) >= 11 is 3.21. The van der Waals surface area contributed by atoms with Gasteiger partial charge in [0.05, 0.1) is 18.8 Å². The highest BCUT2D eigenvalue weighted by Gasteiger charge is 2.10. The van der Waals surface area contributed by atoms with Gasteiger partial charge in [0.2, 0.25) is 5.91 Å². The van der Waals surface area contributed by atoms with Gasteiger partial charge in [-0.25, -0.2) is 0 Å². The van der Waals surface area contributed by atoms with E-state index in [9.17, 15) is 14.7 Å². The van der Waals surface area contributed by atoms with Gasteiger partial charge in [-0.1, -0.05) is 15.9 Å². The van der Waals surface area contributed by atoms with Gasteiger partial charge in [0.1, 0.15) is 11.5 Å². The number of rotatable bonds is 6. The summed E-state index contributed by atoms with van der Waals surface area (Å²) in [5, 5.41) is 14.8. The number of amides is 2. The Hall–Kier alpha value is -2.54. The summed E-state index contributed by atoms with van der Waals surface area (Å²) in [5.74, 6) is -0.187. The molecule has 3 N–H and O–H groups in total. The minimum Gasteiger partial charge on any atom is -0.506 e. The van der Waals surface area contributed by atoms with Crippen LogP contribution in [0.3, 0.4) is 0 Å². The highest BCUT2D eigenvalue weighted by Crippen LogP contribution is 2.26. The second-order valence-corrected chi connectivity index (χ2v) is 5.77. The molecule has 0 spiro atoms.